The topological polar surface area (TPSA) is 72.9 Å². The average Bonchev–Trinajstić information content (AvgIpc) is 3.00. The molecular formula is C17H12ClF3N2O4. The van der Waals surface area contributed by atoms with Crippen molar-refractivity contribution in [3.63, 3.8) is 0 Å². The minimum Gasteiger partial charge on any atom is -0.505 e. The number of methoxy groups -OCH3 is 1. The molecule has 0 saturated carbocycles. The van der Waals surface area contributed by atoms with Gasteiger partial charge >= 0.3 is 12.1 Å². The molecule has 0 atom stereocenters. The van der Waals surface area contributed by atoms with Crippen molar-refractivity contribution < 1.29 is 27.8 Å². The van der Waals surface area contributed by atoms with Crippen LogP contribution < -0.4 is 5.56 Å². The third kappa shape index (κ3) is 3.37. The molecule has 142 valence electrons. The van der Waals surface area contributed by atoms with Crippen LogP contribution in [0, 0.1) is 0 Å². The van der Waals surface area contributed by atoms with Gasteiger partial charge in [0.2, 0.25) is 0 Å². The van der Waals surface area contributed by atoms with E-state index in [0.29, 0.717) is 5.56 Å². The first-order valence-electron chi connectivity index (χ1n) is 7.51. The number of hydrogen-bond acceptors (Lipinski definition) is 4. The van der Waals surface area contributed by atoms with Gasteiger partial charge in [0.1, 0.15) is 5.52 Å². The summed E-state index contributed by atoms with van der Waals surface area (Å²) in [6.45, 7) is -0.164. The maximum atomic E-state index is 12.7. The number of aromatic hydroxyl groups is 1. The van der Waals surface area contributed by atoms with Crippen LogP contribution in [0.3, 0.4) is 0 Å². The fraction of sp³-hybridized carbons (Fsp3) is 0.176. The molecule has 0 spiro atoms. The summed E-state index contributed by atoms with van der Waals surface area (Å²) < 4.78 is 44.9. The van der Waals surface area contributed by atoms with Crippen LogP contribution in [0.5, 0.6) is 5.75 Å². The van der Waals surface area contributed by atoms with Crippen molar-refractivity contribution in [2.75, 3.05) is 7.11 Å². The Balaban J connectivity index is 2.16. The Bertz CT molecular complexity index is 1080. The van der Waals surface area contributed by atoms with E-state index in [1.807, 2.05) is 0 Å². The molecular weight excluding hydrogens is 389 g/mol. The van der Waals surface area contributed by atoms with Crippen molar-refractivity contribution >= 4 is 23.1 Å². The second kappa shape index (κ2) is 6.66. The minimum absolute atomic E-state index is 0.0758. The van der Waals surface area contributed by atoms with Crippen LogP contribution in [0.4, 0.5) is 13.2 Å². The van der Waals surface area contributed by atoms with E-state index >= 15 is 0 Å². The lowest BCUT2D eigenvalue weighted by atomic mass is 10.1. The number of halogens is 4. The highest BCUT2D eigenvalue weighted by atomic mass is 35.5. The van der Waals surface area contributed by atoms with Crippen molar-refractivity contribution in [2.24, 2.45) is 0 Å². The van der Waals surface area contributed by atoms with Gasteiger partial charge in [0.05, 0.1) is 24.2 Å². The number of rotatable bonds is 3. The molecule has 0 aliphatic carbocycles. The second-order valence-electron chi connectivity index (χ2n) is 5.66. The standard InChI is InChI=1S/C17H12ClF3N2O4/c1-27-16(26)13-14(24)12-6-11(18)8-22(12)23(15(13)25)7-9-2-4-10(5-3-9)17(19,20)21/h2-6,8,24H,7H2,1H3. The van der Waals surface area contributed by atoms with Crippen LogP contribution >= 0.6 is 11.6 Å². The van der Waals surface area contributed by atoms with E-state index in [1.165, 1.54) is 28.9 Å². The Morgan fingerprint density at radius 1 is 1.26 bits per heavy atom. The van der Waals surface area contributed by atoms with Crippen LogP contribution in [-0.4, -0.2) is 27.4 Å². The zero-order valence-electron chi connectivity index (χ0n) is 13.7. The van der Waals surface area contributed by atoms with Crippen molar-refractivity contribution in [1.82, 2.24) is 9.20 Å². The van der Waals surface area contributed by atoms with Gasteiger partial charge < -0.3 is 9.84 Å². The third-order valence-corrected chi connectivity index (χ3v) is 4.16. The van der Waals surface area contributed by atoms with E-state index < -0.39 is 34.6 Å². The molecule has 0 bridgehead atoms. The molecule has 1 aromatic carbocycles. The van der Waals surface area contributed by atoms with Crippen molar-refractivity contribution in [2.45, 2.75) is 12.7 Å². The Kier molecular flexibility index (Phi) is 4.64. The van der Waals surface area contributed by atoms with E-state index in [4.69, 9.17) is 11.6 Å². The molecule has 0 aliphatic heterocycles. The summed E-state index contributed by atoms with van der Waals surface area (Å²) in [5.74, 6) is -1.64. The summed E-state index contributed by atoms with van der Waals surface area (Å²) in [7, 11) is 1.05. The van der Waals surface area contributed by atoms with Gasteiger partial charge in [-0.05, 0) is 23.8 Å². The van der Waals surface area contributed by atoms with Crippen LogP contribution in [0.1, 0.15) is 21.5 Å². The second-order valence-corrected chi connectivity index (χ2v) is 6.10. The van der Waals surface area contributed by atoms with Crippen molar-refractivity contribution in [3.05, 3.63) is 68.6 Å². The largest absolute Gasteiger partial charge is 0.505 e. The average molecular weight is 401 g/mol. The minimum atomic E-state index is -4.48. The summed E-state index contributed by atoms with van der Waals surface area (Å²) in [6.07, 6.45) is -3.14. The highest BCUT2D eigenvalue weighted by Gasteiger charge is 2.30. The first-order chi connectivity index (χ1) is 12.6. The maximum absolute atomic E-state index is 12.7. The molecule has 2 heterocycles. The molecule has 0 aliphatic rings. The maximum Gasteiger partial charge on any atom is 0.416 e. The molecule has 0 radical (unpaired) electrons. The molecule has 1 N–H and O–H groups in total. The SMILES string of the molecule is COC(=O)c1c(O)c2cc(Cl)cn2n(Cc2ccc(C(F)(F)F)cc2)c1=O. The van der Waals surface area contributed by atoms with E-state index in [0.717, 1.165) is 23.9 Å². The highest BCUT2D eigenvalue weighted by Crippen LogP contribution is 2.29. The first-order valence-corrected chi connectivity index (χ1v) is 7.89. The quantitative estimate of drug-likeness (QED) is 0.685. The Hall–Kier alpha value is -2.94. The van der Waals surface area contributed by atoms with Crippen LogP contribution in [0.15, 0.2) is 41.3 Å². The number of aromatic nitrogens is 2. The number of hydrogen-bond donors (Lipinski definition) is 1. The van der Waals surface area contributed by atoms with E-state index in [1.54, 1.807) is 0 Å². The van der Waals surface area contributed by atoms with Gasteiger partial charge in [-0.15, -0.1) is 0 Å². The summed E-state index contributed by atoms with van der Waals surface area (Å²) in [5, 5.41) is 10.4. The monoisotopic (exact) mass is 400 g/mol. The zero-order valence-corrected chi connectivity index (χ0v) is 14.5. The predicted molar refractivity (Wildman–Crippen MR) is 90.2 cm³/mol. The van der Waals surface area contributed by atoms with E-state index in [2.05, 4.69) is 4.74 Å². The smallest absolute Gasteiger partial charge is 0.416 e. The fourth-order valence-corrected chi connectivity index (χ4v) is 2.86. The third-order valence-electron chi connectivity index (χ3n) is 3.96. The Morgan fingerprint density at radius 2 is 1.89 bits per heavy atom. The molecule has 0 amide bonds. The number of esters is 1. The number of carbonyl (C=O) groups excluding carboxylic acids is 1. The van der Waals surface area contributed by atoms with Crippen LogP contribution in [0.2, 0.25) is 5.02 Å². The van der Waals surface area contributed by atoms with Crippen molar-refractivity contribution in [3.8, 4) is 5.75 Å². The molecule has 0 fully saturated rings. The van der Waals surface area contributed by atoms with Gasteiger partial charge in [-0.3, -0.25) is 9.31 Å². The lowest BCUT2D eigenvalue weighted by Gasteiger charge is -2.14. The van der Waals surface area contributed by atoms with Gasteiger partial charge in [0.25, 0.3) is 5.56 Å². The number of alkyl halides is 3. The van der Waals surface area contributed by atoms with Crippen LogP contribution in [-0.2, 0) is 17.5 Å². The fourth-order valence-electron chi connectivity index (χ4n) is 2.66. The molecule has 2 aromatic heterocycles. The zero-order chi connectivity index (χ0) is 19.9. The number of fused-ring (bicyclic) bond motifs is 1. The van der Waals surface area contributed by atoms with Gasteiger partial charge in [-0.25, -0.2) is 9.48 Å². The molecule has 10 heteroatoms. The summed E-state index contributed by atoms with van der Waals surface area (Å²) in [5.41, 5.74) is -1.84. The van der Waals surface area contributed by atoms with E-state index in [-0.39, 0.29) is 17.1 Å². The first kappa shape index (κ1) is 18.8. The normalized spacial score (nSPS) is 11.7. The summed E-state index contributed by atoms with van der Waals surface area (Å²) >= 11 is 5.93. The molecule has 6 nitrogen and oxygen atoms in total. The summed E-state index contributed by atoms with van der Waals surface area (Å²) in [4.78, 5) is 24.6. The van der Waals surface area contributed by atoms with Crippen molar-refractivity contribution in [1.29, 1.82) is 0 Å². The lowest BCUT2D eigenvalue weighted by molar-refractivity contribution is -0.137. The van der Waals surface area contributed by atoms with Crippen LogP contribution in [0.25, 0.3) is 5.52 Å². The Labute approximate surface area is 154 Å². The molecule has 0 unspecified atom stereocenters. The number of ether oxygens (including phenoxy) is 1. The lowest BCUT2D eigenvalue weighted by Crippen LogP contribution is -2.31. The Morgan fingerprint density at radius 3 is 2.44 bits per heavy atom. The molecule has 3 aromatic rings. The predicted octanol–water partition coefficient (Wildman–Crippen LogP) is 3.31. The molecule has 27 heavy (non-hydrogen) atoms. The number of carbonyl (C=O) groups is 1. The number of benzene rings is 1. The number of nitrogens with zero attached hydrogens (tertiary/aromatic N) is 2. The molecule has 3 rings (SSSR count). The van der Waals surface area contributed by atoms with Gasteiger partial charge in [-0.2, -0.15) is 13.2 Å². The van der Waals surface area contributed by atoms with Gasteiger partial charge in [-0.1, -0.05) is 23.7 Å². The molecule has 0 saturated heterocycles. The van der Waals surface area contributed by atoms with Gasteiger partial charge in [0, 0.05) is 6.20 Å². The summed E-state index contributed by atoms with van der Waals surface area (Å²) in [6, 6.07) is 5.56. The van der Waals surface area contributed by atoms with Gasteiger partial charge in [0.15, 0.2) is 11.3 Å². The highest BCUT2D eigenvalue weighted by molar-refractivity contribution is 6.31. The van der Waals surface area contributed by atoms with E-state index in [9.17, 15) is 27.9 Å².